The molecular weight excluding hydrogens is 300 g/mol. The van der Waals surface area contributed by atoms with Gasteiger partial charge in [0.2, 0.25) is 0 Å². The molecule has 4 nitrogen and oxygen atoms in total. The second kappa shape index (κ2) is 7.81. The van der Waals surface area contributed by atoms with Crippen LogP contribution in [0.4, 0.5) is 13.6 Å². The fraction of sp³-hybridized carbons (Fsp3) is 0.900. The van der Waals surface area contributed by atoms with Crippen LogP contribution in [0.2, 0.25) is 0 Å². The van der Waals surface area contributed by atoms with Gasteiger partial charge in [-0.15, -0.1) is 0 Å². The summed E-state index contributed by atoms with van der Waals surface area (Å²) in [5.74, 6) is 0. The number of hydrogen-bond donors (Lipinski definition) is 1. The molecule has 0 aromatic carbocycles. The smallest absolute Gasteiger partial charge is 0.407 e. The Morgan fingerprint density at radius 1 is 1.41 bits per heavy atom. The first-order chi connectivity index (χ1) is 7.74. The molecule has 0 heterocycles. The molecule has 0 aromatic rings. The van der Waals surface area contributed by atoms with Crippen molar-refractivity contribution in [3.8, 4) is 0 Å². The SMILES string of the molecule is CC(C)(C)OC(=O)N[C@H](CBr)CCOC(F)F. The quantitative estimate of drug-likeness (QED) is 0.766. The zero-order valence-corrected chi connectivity index (χ0v) is 11.7. The third kappa shape index (κ3) is 10.4. The number of ether oxygens (including phenoxy) is 2. The van der Waals surface area contributed by atoms with Crippen molar-refractivity contribution in [2.45, 2.75) is 45.4 Å². The summed E-state index contributed by atoms with van der Waals surface area (Å²) in [5, 5.41) is 3.01. The predicted octanol–water partition coefficient (Wildman–Crippen LogP) is 2.90. The summed E-state index contributed by atoms with van der Waals surface area (Å²) in [5.41, 5.74) is -0.583. The largest absolute Gasteiger partial charge is 0.444 e. The van der Waals surface area contributed by atoms with Crippen LogP contribution in [0.25, 0.3) is 0 Å². The number of alkyl halides is 3. The first-order valence-electron chi connectivity index (χ1n) is 5.20. The minimum atomic E-state index is -2.78. The van der Waals surface area contributed by atoms with Crippen LogP contribution in [0.1, 0.15) is 27.2 Å². The zero-order valence-electron chi connectivity index (χ0n) is 10.1. The van der Waals surface area contributed by atoms with Gasteiger partial charge in [-0.05, 0) is 27.2 Å². The Labute approximate surface area is 108 Å². The van der Waals surface area contributed by atoms with E-state index in [2.05, 4.69) is 26.0 Å². The Balaban J connectivity index is 3.92. The van der Waals surface area contributed by atoms with Crippen molar-refractivity contribution in [3.63, 3.8) is 0 Å². The maximum Gasteiger partial charge on any atom is 0.407 e. The van der Waals surface area contributed by atoms with Crippen molar-refractivity contribution in [2.75, 3.05) is 11.9 Å². The summed E-state index contributed by atoms with van der Waals surface area (Å²) >= 11 is 3.18. The van der Waals surface area contributed by atoms with Crippen LogP contribution < -0.4 is 5.32 Å². The van der Waals surface area contributed by atoms with E-state index in [1.807, 2.05) is 0 Å². The number of alkyl carbamates (subject to hydrolysis) is 1. The van der Waals surface area contributed by atoms with Gasteiger partial charge in [-0.25, -0.2) is 4.79 Å². The minimum absolute atomic E-state index is 0.121. The fourth-order valence-corrected chi connectivity index (χ4v) is 1.45. The molecule has 0 aliphatic rings. The lowest BCUT2D eigenvalue weighted by Crippen LogP contribution is -2.40. The van der Waals surface area contributed by atoms with Gasteiger partial charge >= 0.3 is 12.7 Å². The molecule has 1 atom stereocenters. The lowest BCUT2D eigenvalue weighted by Gasteiger charge is -2.22. The summed E-state index contributed by atoms with van der Waals surface area (Å²) in [7, 11) is 0. The van der Waals surface area contributed by atoms with Crippen LogP contribution in [0.5, 0.6) is 0 Å². The molecule has 0 saturated carbocycles. The molecule has 0 aliphatic heterocycles. The molecule has 0 bridgehead atoms. The van der Waals surface area contributed by atoms with E-state index in [0.29, 0.717) is 5.33 Å². The molecule has 17 heavy (non-hydrogen) atoms. The van der Waals surface area contributed by atoms with Crippen molar-refractivity contribution < 1.29 is 23.0 Å². The van der Waals surface area contributed by atoms with E-state index in [-0.39, 0.29) is 19.1 Å². The van der Waals surface area contributed by atoms with Gasteiger partial charge in [0.25, 0.3) is 0 Å². The number of hydrogen-bond acceptors (Lipinski definition) is 3. The second-order valence-corrected chi connectivity index (χ2v) is 5.07. The summed E-state index contributed by atoms with van der Waals surface area (Å²) in [6, 6.07) is -0.302. The number of nitrogens with one attached hydrogen (secondary N) is 1. The average Bonchev–Trinajstić information content (AvgIpc) is 2.12. The van der Waals surface area contributed by atoms with Crippen molar-refractivity contribution >= 4 is 22.0 Å². The van der Waals surface area contributed by atoms with Crippen molar-refractivity contribution in [1.29, 1.82) is 0 Å². The predicted molar refractivity (Wildman–Crippen MR) is 63.5 cm³/mol. The standard InChI is InChI=1S/C10H18BrF2NO3/c1-10(2,3)17-9(15)14-7(6-11)4-5-16-8(12)13/h7-8H,4-6H2,1-3H3,(H,14,15)/t7-/m0/s1. The highest BCUT2D eigenvalue weighted by molar-refractivity contribution is 9.09. The average molecular weight is 318 g/mol. The van der Waals surface area contributed by atoms with E-state index in [4.69, 9.17) is 4.74 Å². The van der Waals surface area contributed by atoms with Crippen molar-refractivity contribution in [1.82, 2.24) is 5.32 Å². The lowest BCUT2D eigenvalue weighted by atomic mass is 10.2. The van der Waals surface area contributed by atoms with E-state index in [1.54, 1.807) is 20.8 Å². The monoisotopic (exact) mass is 317 g/mol. The van der Waals surface area contributed by atoms with Crippen LogP contribution in [-0.4, -0.2) is 36.3 Å². The summed E-state index contributed by atoms with van der Waals surface area (Å²) in [4.78, 5) is 11.4. The normalized spacial score (nSPS) is 13.6. The first-order valence-corrected chi connectivity index (χ1v) is 6.32. The molecular formula is C10H18BrF2NO3. The number of amides is 1. The molecule has 0 fully saturated rings. The van der Waals surface area contributed by atoms with Crippen LogP contribution in [0, 0.1) is 0 Å². The van der Waals surface area contributed by atoms with Gasteiger partial charge in [-0.2, -0.15) is 8.78 Å². The molecule has 0 saturated heterocycles. The molecule has 7 heteroatoms. The topological polar surface area (TPSA) is 47.6 Å². The zero-order chi connectivity index (χ0) is 13.5. The number of carbonyl (C=O) groups is 1. The Bertz CT molecular complexity index is 234. The van der Waals surface area contributed by atoms with Crippen LogP contribution >= 0.6 is 15.9 Å². The van der Waals surface area contributed by atoms with Gasteiger partial charge in [-0.1, -0.05) is 15.9 Å². The van der Waals surface area contributed by atoms with Crippen LogP contribution in [0.15, 0.2) is 0 Å². The van der Waals surface area contributed by atoms with Gasteiger partial charge < -0.3 is 14.8 Å². The van der Waals surface area contributed by atoms with Crippen LogP contribution in [-0.2, 0) is 9.47 Å². The van der Waals surface area contributed by atoms with Gasteiger partial charge in [0.05, 0.1) is 6.61 Å². The lowest BCUT2D eigenvalue weighted by molar-refractivity contribution is -0.129. The van der Waals surface area contributed by atoms with Gasteiger partial charge in [0.1, 0.15) is 5.60 Å². The maximum atomic E-state index is 11.7. The van der Waals surface area contributed by atoms with Gasteiger partial charge in [0, 0.05) is 11.4 Å². The Kier molecular flexibility index (Phi) is 7.61. The molecule has 0 aliphatic carbocycles. The summed E-state index contributed by atoms with van der Waals surface area (Å²) in [6.45, 7) is 2.33. The molecule has 1 N–H and O–H groups in total. The highest BCUT2D eigenvalue weighted by Crippen LogP contribution is 2.08. The molecule has 0 spiro atoms. The Morgan fingerprint density at radius 3 is 2.41 bits per heavy atom. The fourth-order valence-electron chi connectivity index (χ4n) is 0.962. The molecule has 0 aromatic heterocycles. The van der Waals surface area contributed by atoms with E-state index in [9.17, 15) is 13.6 Å². The third-order valence-electron chi connectivity index (χ3n) is 1.62. The van der Waals surface area contributed by atoms with Gasteiger partial charge in [-0.3, -0.25) is 0 Å². The van der Waals surface area contributed by atoms with E-state index < -0.39 is 18.3 Å². The molecule has 0 radical (unpaired) electrons. The Hall–Kier alpha value is -0.430. The van der Waals surface area contributed by atoms with E-state index in [1.165, 1.54) is 0 Å². The van der Waals surface area contributed by atoms with Crippen LogP contribution in [0.3, 0.4) is 0 Å². The summed E-state index contributed by atoms with van der Waals surface area (Å²) < 4.78 is 32.6. The highest BCUT2D eigenvalue weighted by Gasteiger charge is 2.19. The van der Waals surface area contributed by atoms with Gasteiger partial charge in [0.15, 0.2) is 0 Å². The Morgan fingerprint density at radius 2 is 2.00 bits per heavy atom. The van der Waals surface area contributed by atoms with Crippen molar-refractivity contribution in [3.05, 3.63) is 0 Å². The highest BCUT2D eigenvalue weighted by atomic mass is 79.9. The number of carbonyl (C=O) groups excluding carboxylic acids is 1. The van der Waals surface area contributed by atoms with E-state index in [0.717, 1.165) is 0 Å². The second-order valence-electron chi connectivity index (χ2n) is 4.42. The number of halogens is 3. The molecule has 0 unspecified atom stereocenters. The van der Waals surface area contributed by atoms with E-state index >= 15 is 0 Å². The third-order valence-corrected chi connectivity index (χ3v) is 2.40. The minimum Gasteiger partial charge on any atom is -0.444 e. The number of rotatable bonds is 6. The molecule has 1 amide bonds. The summed E-state index contributed by atoms with van der Waals surface area (Å²) in [6.07, 6.45) is -0.284. The molecule has 102 valence electrons. The molecule has 0 rings (SSSR count). The first kappa shape index (κ1) is 16.6. The maximum absolute atomic E-state index is 11.7. The van der Waals surface area contributed by atoms with Crippen molar-refractivity contribution in [2.24, 2.45) is 0 Å².